The van der Waals surface area contributed by atoms with Crippen molar-refractivity contribution in [3.05, 3.63) is 12.2 Å². The van der Waals surface area contributed by atoms with Crippen LogP contribution in [0.1, 0.15) is 13.3 Å². The number of hydrogen-bond acceptors (Lipinski definition) is 1. The maximum absolute atomic E-state index is 4.54. The van der Waals surface area contributed by atoms with Gasteiger partial charge in [0, 0.05) is 0 Å². The largest absolute Gasteiger partial charge is 0.0931 e. The third kappa shape index (κ3) is 3.83. The van der Waals surface area contributed by atoms with Crippen molar-refractivity contribution >= 4 is 17.6 Å². The fourth-order valence-corrected chi connectivity index (χ4v) is 0.303. The highest BCUT2D eigenvalue weighted by Crippen LogP contribution is 1.74. The van der Waals surface area contributed by atoms with Crippen molar-refractivity contribution in [2.45, 2.75) is 13.3 Å². The Morgan fingerprint density at radius 2 is 2.33 bits per heavy atom. The number of rotatable bonds is 2. The normalized spacial score (nSPS) is 9.50. The average Bonchev–Trinajstić information content (AvgIpc) is 1.61. The van der Waals surface area contributed by atoms with Crippen LogP contribution in [0.3, 0.4) is 0 Å². The van der Waals surface area contributed by atoms with Crippen LogP contribution in [-0.4, -0.2) is 5.37 Å². The molecule has 0 heterocycles. The van der Waals surface area contributed by atoms with E-state index in [1.54, 1.807) is 5.37 Å². The van der Waals surface area contributed by atoms with E-state index in [4.69, 9.17) is 0 Å². The molecule has 0 N–H and O–H groups in total. The van der Waals surface area contributed by atoms with Gasteiger partial charge < -0.3 is 0 Å². The van der Waals surface area contributed by atoms with E-state index < -0.39 is 0 Å². The lowest BCUT2D eigenvalue weighted by atomic mass is 10.4. The number of allylic oxidation sites excluding steroid dienone is 2. The zero-order valence-electron chi connectivity index (χ0n) is 3.85. The molecule has 0 unspecified atom stereocenters. The standard InChI is InChI=1S/C5H8S/c1-2-3-4-5-6/h2-3,5H,4H2,1H3/b3-2+. The summed E-state index contributed by atoms with van der Waals surface area (Å²) in [5.41, 5.74) is 0. The summed E-state index contributed by atoms with van der Waals surface area (Å²) in [5, 5.41) is 1.71. The summed E-state index contributed by atoms with van der Waals surface area (Å²) in [5.74, 6) is 0. The van der Waals surface area contributed by atoms with Gasteiger partial charge in [0.05, 0.1) is 0 Å². The second-order valence-electron chi connectivity index (χ2n) is 0.971. The summed E-state index contributed by atoms with van der Waals surface area (Å²) in [7, 11) is 0. The average molecular weight is 100 g/mol. The van der Waals surface area contributed by atoms with E-state index in [1.165, 1.54) is 0 Å². The smallest absolute Gasteiger partial charge is 0.00640 e. The first-order chi connectivity index (χ1) is 2.91. The summed E-state index contributed by atoms with van der Waals surface area (Å²) in [6.45, 7) is 1.98. The highest BCUT2D eigenvalue weighted by Gasteiger charge is 1.59. The molecule has 0 atom stereocenters. The quantitative estimate of drug-likeness (QED) is 0.377. The molecule has 0 fully saturated rings. The summed E-state index contributed by atoms with van der Waals surface area (Å²) >= 11 is 4.54. The molecular weight excluding hydrogens is 92.1 g/mol. The van der Waals surface area contributed by atoms with Gasteiger partial charge in [-0.2, -0.15) is 0 Å². The van der Waals surface area contributed by atoms with Crippen LogP contribution in [0.4, 0.5) is 0 Å². The van der Waals surface area contributed by atoms with Crippen molar-refractivity contribution in [3.63, 3.8) is 0 Å². The first kappa shape index (κ1) is 5.83. The Kier molecular flexibility index (Phi) is 4.69. The Balaban J connectivity index is 2.85. The predicted molar refractivity (Wildman–Crippen MR) is 33.1 cm³/mol. The Labute approximate surface area is 43.9 Å². The summed E-state index contributed by atoms with van der Waals surface area (Å²) in [6.07, 6.45) is 4.93. The van der Waals surface area contributed by atoms with Gasteiger partial charge >= 0.3 is 0 Å². The van der Waals surface area contributed by atoms with Crippen LogP contribution in [-0.2, 0) is 0 Å². The first-order valence-corrected chi connectivity index (χ1v) is 2.43. The lowest BCUT2D eigenvalue weighted by Gasteiger charge is -1.68. The topological polar surface area (TPSA) is 0 Å². The molecule has 0 saturated carbocycles. The van der Waals surface area contributed by atoms with Crippen LogP contribution in [0.5, 0.6) is 0 Å². The van der Waals surface area contributed by atoms with Crippen molar-refractivity contribution in [1.29, 1.82) is 0 Å². The minimum absolute atomic E-state index is 0.922. The molecule has 0 nitrogen and oxygen atoms in total. The van der Waals surface area contributed by atoms with Crippen LogP contribution in [0, 0.1) is 0 Å². The Morgan fingerprint density at radius 1 is 1.67 bits per heavy atom. The van der Waals surface area contributed by atoms with Crippen LogP contribution in [0.25, 0.3) is 0 Å². The van der Waals surface area contributed by atoms with E-state index in [0.717, 1.165) is 6.42 Å². The summed E-state index contributed by atoms with van der Waals surface area (Å²) in [4.78, 5) is 0. The molecule has 0 aromatic carbocycles. The molecule has 6 heavy (non-hydrogen) atoms. The van der Waals surface area contributed by atoms with Gasteiger partial charge in [-0.3, -0.25) is 0 Å². The van der Waals surface area contributed by atoms with Gasteiger partial charge in [0.1, 0.15) is 0 Å². The van der Waals surface area contributed by atoms with Gasteiger partial charge in [-0.25, -0.2) is 0 Å². The van der Waals surface area contributed by atoms with Crippen molar-refractivity contribution in [2.75, 3.05) is 0 Å². The van der Waals surface area contributed by atoms with Crippen molar-refractivity contribution < 1.29 is 0 Å². The fraction of sp³-hybridized carbons (Fsp3) is 0.400. The second kappa shape index (κ2) is 4.83. The van der Waals surface area contributed by atoms with Gasteiger partial charge in [-0.05, 0) is 18.7 Å². The molecule has 0 radical (unpaired) electrons. The summed E-state index contributed by atoms with van der Waals surface area (Å²) < 4.78 is 0. The SMILES string of the molecule is C/C=C/CC=S. The van der Waals surface area contributed by atoms with Gasteiger partial charge in [-0.1, -0.05) is 24.4 Å². The van der Waals surface area contributed by atoms with Crippen molar-refractivity contribution in [3.8, 4) is 0 Å². The van der Waals surface area contributed by atoms with E-state index in [0.29, 0.717) is 0 Å². The Bertz CT molecular complexity index is 55.0. The molecule has 0 aliphatic carbocycles. The molecule has 0 aliphatic heterocycles. The van der Waals surface area contributed by atoms with E-state index >= 15 is 0 Å². The van der Waals surface area contributed by atoms with Gasteiger partial charge in [0.2, 0.25) is 0 Å². The summed E-state index contributed by atoms with van der Waals surface area (Å²) in [6, 6.07) is 0. The van der Waals surface area contributed by atoms with Crippen molar-refractivity contribution in [1.82, 2.24) is 0 Å². The van der Waals surface area contributed by atoms with Gasteiger partial charge in [0.25, 0.3) is 0 Å². The minimum atomic E-state index is 0.922. The van der Waals surface area contributed by atoms with E-state index in [9.17, 15) is 0 Å². The lowest BCUT2D eigenvalue weighted by molar-refractivity contribution is 1.53. The third-order valence-corrected chi connectivity index (χ3v) is 0.660. The molecular formula is C5H8S. The number of thiocarbonyl (C=S) groups is 1. The fourth-order valence-electron chi connectivity index (χ4n) is 0.192. The van der Waals surface area contributed by atoms with Crippen LogP contribution in [0.2, 0.25) is 0 Å². The van der Waals surface area contributed by atoms with Crippen LogP contribution in [0.15, 0.2) is 12.2 Å². The maximum atomic E-state index is 4.54. The molecule has 0 bridgehead atoms. The molecule has 0 spiro atoms. The van der Waals surface area contributed by atoms with E-state index in [1.807, 2.05) is 19.1 Å². The molecule has 0 aromatic rings. The highest BCUT2D eigenvalue weighted by atomic mass is 32.1. The van der Waals surface area contributed by atoms with Crippen LogP contribution < -0.4 is 0 Å². The van der Waals surface area contributed by atoms with Crippen LogP contribution >= 0.6 is 12.2 Å². The zero-order valence-corrected chi connectivity index (χ0v) is 4.66. The lowest BCUT2D eigenvalue weighted by Crippen LogP contribution is -1.57. The molecule has 0 aromatic heterocycles. The molecule has 0 saturated heterocycles. The number of hydrogen-bond donors (Lipinski definition) is 0. The molecule has 0 amide bonds. The van der Waals surface area contributed by atoms with Gasteiger partial charge in [0.15, 0.2) is 0 Å². The molecule has 1 heteroatoms. The minimum Gasteiger partial charge on any atom is -0.0931 e. The Morgan fingerprint density at radius 3 is 2.50 bits per heavy atom. The molecule has 0 rings (SSSR count). The first-order valence-electron chi connectivity index (χ1n) is 1.96. The Hall–Kier alpha value is -0.170. The zero-order chi connectivity index (χ0) is 4.83. The molecule has 34 valence electrons. The predicted octanol–water partition coefficient (Wildman–Crippen LogP) is 1.95. The highest BCUT2D eigenvalue weighted by molar-refractivity contribution is 7.78. The molecule has 0 aliphatic rings. The van der Waals surface area contributed by atoms with Crippen molar-refractivity contribution in [2.24, 2.45) is 0 Å². The van der Waals surface area contributed by atoms with E-state index in [2.05, 4.69) is 12.2 Å². The monoisotopic (exact) mass is 100 g/mol. The second-order valence-corrected chi connectivity index (χ2v) is 1.30. The van der Waals surface area contributed by atoms with E-state index in [-0.39, 0.29) is 0 Å². The third-order valence-electron chi connectivity index (χ3n) is 0.468. The maximum Gasteiger partial charge on any atom is -0.00640 e. The van der Waals surface area contributed by atoms with Gasteiger partial charge in [-0.15, -0.1) is 0 Å².